The highest BCUT2D eigenvalue weighted by atomic mass is 32.2. The average molecular weight is 247 g/mol. The van der Waals surface area contributed by atoms with E-state index in [1.165, 1.54) is 6.07 Å². The highest BCUT2D eigenvalue weighted by Crippen LogP contribution is 2.23. The smallest absolute Gasteiger partial charge is 0.241 e. The Hall–Kier alpha value is -1.14. The summed E-state index contributed by atoms with van der Waals surface area (Å²) in [6, 6.07) is 3.26. The van der Waals surface area contributed by atoms with E-state index in [9.17, 15) is 12.8 Å². The fourth-order valence-corrected chi connectivity index (χ4v) is 1.83. The van der Waals surface area contributed by atoms with Crippen LogP contribution in [-0.2, 0) is 10.0 Å². The number of unbranched alkanes of at least 4 members (excludes halogenated alkanes) is 1. The lowest BCUT2D eigenvalue weighted by atomic mass is 10.3. The first-order valence-corrected chi connectivity index (χ1v) is 6.45. The summed E-state index contributed by atoms with van der Waals surface area (Å²) in [5.41, 5.74) is 0. The SMILES string of the molecule is CCCCOc1ccc(F)cc1S(N)(=O)=O. The third kappa shape index (κ3) is 3.46. The summed E-state index contributed by atoms with van der Waals surface area (Å²) in [4.78, 5) is -0.316. The molecule has 0 fully saturated rings. The van der Waals surface area contributed by atoms with Crippen LogP contribution in [0, 0.1) is 5.82 Å². The van der Waals surface area contributed by atoms with Crippen molar-refractivity contribution in [3.8, 4) is 5.75 Å². The minimum absolute atomic E-state index is 0.0948. The minimum atomic E-state index is -3.96. The van der Waals surface area contributed by atoms with Crippen molar-refractivity contribution in [1.29, 1.82) is 0 Å². The molecule has 1 aromatic rings. The maximum Gasteiger partial charge on any atom is 0.241 e. The molecule has 90 valence electrons. The van der Waals surface area contributed by atoms with E-state index < -0.39 is 15.8 Å². The lowest BCUT2D eigenvalue weighted by molar-refractivity contribution is 0.301. The summed E-state index contributed by atoms with van der Waals surface area (Å²) in [6.07, 6.45) is 1.72. The number of sulfonamides is 1. The Morgan fingerprint density at radius 2 is 2.12 bits per heavy atom. The molecule has 0 unspecified atom stereocenters. The topological polar surface area (TPSA) is 69.4 Å². The Kier molecular flexibility index (Phi) is 4.26. The van der Waals surface area contributed by atoms with Gasteiger partial charge in [0, 0.05) is 0 Å². The van der Waals surface area contributed by atoms with Crippen LogP contribution in [-0.4, -0.2) is 15.0 Å². The van der Waals surface area contributed by atoms with Crippen molar-refractivity contribution in [3.05, 3.63) is 24.0 Å². The summed E-state index contributed by atoms with van der Waals surface area (Å²) in [6.45, 7) is 2.36. The number of primary sulfonamides is 1. The molecule has 6 heteroatoms. The molecule has 0 atom stereocenters. The standard InChI is InChI=1S/C10H14FNO3S/c1-2-3-6-15-9-5-4-8(11)7-10(9)16(12,13)14/h4-5,7H,2-3,6H2,1H3,(H2,12,13,14). The zero-order chi connectivity index (χ0) is 12.2. The Balaban J connectivity index is 2.99. The number of ether oxygens (including phenoxy) is 1. The predicted molar refractivity (Wildman–Crippen MR) is 58.2 cm³/mol. The van der Waals surface area contributed by atoms with E-state index in [1.807, 2.05) is 6.92 Å². The number of hydrogen-bond donors (Lipinski definition) is 1. The Morgan fingerprint density at radius 3 is 2.69 bits per heavy atom. The molecule has 0 aromatic heterocycles. The van der Waals surface area contributed by atoms with Gasteiger partial charge in [0.2, 0.25) is 10.0 Å². The predicted octanol–water partition coefficient (Wildman–Crippen LogP) is 1.65. The highest BCUT2D eigenvalue weighted by molar-refractivity contribution is 7.89. The summed E-state index contributed by atoms with van der Waals surface area (Å²) >= 11 is 0. The monoisotopic (exact) mass is 247 g/mol. The molecule has 0 aliphatic carbocycles. The molecule has 0 amide bonds. The van der Waals surface area contributed by atoms with Gasteiger partial charge in [0.05, 0.1) is 6.61 Å². The van der Waals surface area contributed by atoms with Gasteiger partial charge in [-0.25, -0.2) is 17.9 Å². The van der Waals surface area contributed by atoms with E-state index in [-0.39, 0.29) is 10.6 Å². The van der Waals surface area contributed by atoms with E-state index in [0.29, 0.717) is 6.61 Å². The number of hydrogen-bond acceptors (Lipinski definition) is 3. The molecular weight excluding hydrogens is 233 g/mol. The fourth-order valence-electron chi connectivity index (χ4n) is 1.15. The fraction of sp³-hybridized carbons (Fsp3) is 0.400. The summed E-state index contributed by atoms with van der Waals surface area (Å²) in [5.74, 6) is -0.566. The van der Waals surface area contributed by atoms with Gasteiger partial charge in [-0.2, -0.15) is 0 Å². The molecule has 16 heavy (non-hydrogen) atoms. The molecule has 1 aromatic carbocycles. The molecule has 0 heterocycles. The quantitative estimate of drug-likeness (QED) is 0.804. The number of rotatable bonds is 5. The molecule has 0 bridgehead atoms. The Labute approximate surface area is 94.3 Å². The van der Waals surface area contributed by atoms with E-state index >= 15 is 0 Å². The van der Waals surface area contributed by atoms with Crippen LogP contribution >= 0.6 is 0 Å². The Morgan fingerprint density at radius 1 is 1.44 bits per heavy atom. The zero-order valence-corrected chi connectivity index (χ0v) is 9.76. The maximum absolute atomic E-state index is 12.9. The van der Waals surface area contributed by atoms with Gasteiger partial charge in [-0.1, -0.05) is 13.3 Å². The van der Waals surface area contributed by atoms with Crippen molar-refractivity contribution in [1.82, 2.24) is 0 Å². The second-order valence-corrected chi connectivity index (χ2v) is 4.87. The molecule has 4 nitrogen and oxygen atoms in total. The number of nitrogens with two attached hydrogens (primary N) is 1. The summed E-state index contributed by atoms with van der Waals surface area (Å²) in [5, 5.41) is 4.96. The number of benzene rings is 1. The van der Waals surface area contributed by atoms with Gasteiger partial charge in [-0.05, 0) is 24.6 Å². The van der Waals surface area contributed by atoms with Gasteiger partial charge in [0.15, 0.2) is 0 Å². The molecule has 0 radical (unpaired) electrons. The van der Waals surface area contributed by atoms with Crippen LogP contribution in [0.3, 0.4) is 0 Å². The van der Waals surface area contributed by atoms with Gasteiger partial charge < -0.3 is 4.74 Å². The third-order valence-corrected chi connectivity index (χ3v) is 2.90. The van der Waals surface area contributed by atoms with Crippen LogP contribution in [0.5, 0.6) is 5.75 Å². The largest absolute Gasteiger partial charge is 0.492 e. The second-order valence-electron chi connectivity index (χ2n) is 3.34. The molecule has 0 saturated carbocycles. The first-order valence-electron chi connectivity index (χ1n) is 4.90. The average Bonchev–Trinajstić information content (AvgIpc) is 2.19. The summed E-state index contributed by atoms with van der Waals surface area (Å²) < 4.78 is 40.5. The first-order chi connectivity index (χ1) is 7.45. The van der Waals surface area contributed by atoms with E-state index in [1.54, 1.807) is 0 Å². The van der Waals surface area contributed by atoms with Crippen LogP contribution in [0.1, 0.15) is 19.8 Å². The molecule has 0 spiro atoms. The molecule has 0 aliphatic heterocycles. The van der Waals surface area contributed by atoms with E-state index in [0.717, 1.165) is 25.0 Å². The van der Waals surface area contributed by atoms with Gasteiger partial charge in [0.25, 0.3) is 0 Å². The van der Waals surface area contributed by atoms with Crippen LogP contribution in [0.4, 0.5) is 4.39 Å². The number of halogens is 1. The van der Waals surface area contributed by atoms with Crippen LogP contribution < -0.4 is 9.88 Å². The van der Waals surface area contributed by atoms with E-state index in [2.05, 4.69) is 0 Å². The van der Waals surface area contributed by atoms with Gasteiger partial charge in [0.1, 0.15) is 16.5 Å². The van der Waals surface area contributed by atoms with Crippen molar-refractivity contribution >= 4 is 10.0 Å². The second kappa shape index (κ2) is 5.27. The van der Waals surface area contributed by atoms with Crippen LogP contribution in [0.2, 0.25) is 0 Å². The van der Waals surface area contributed by atoms with E-state index in [4.69, 9.17) is 9.88 Å². The van der Waals surface area contributed by atoms with Gasteiger partial charge >= 0.3 is 0 Å². The molecular formula is C10H14FNO3S. The zero-order valence-electron chi connectivity index (χ0n) is 8.94. The van der Waals surface area contributed by atoms with Crippen molar-refractivity contribution in [3.63, 3.8) is 0 Å². The Bertz CT molecular complexity index is 459. The third-order valence-electron chi connectivity index (χ3n) is 1.97. The summed E-state index contributed by atoms with van der Waals surface area (Å²) in [7, 11) is -3.96. The van der Waals surface area contributed by atoms with Crippen LogP contribution in [0.25, 0.3) is 0 Å². The maximum atomic E-state index is 12.9. The van der Waals surface area contributed by atoms with Gasteiger partial charge in [-0.3, -0.25) is 0 Å². The van der Waals surface area contributed by atoms with Crippen molar-refractivity contribution < 1.29 is 17.5 Å². The van der Waals surface area contributed by atoms with Crippen molar-refractivity contribution in [2.75, 3.05) is 6.61 Å². The molecule has 0 aliphatic rings. The molecule has 1 rings (SSSR count). The van der Waals surface area contributed by atoms with Crippen molar-refractivity contribution in [2.24, 2.45) is 5.14 Å². The molecule has 0 saturated heterocycles. The normalized spacial score (nSPS) is 11.4. The first kappa shape index (κ1) is 12.9. The van der Waals surface area contributed by atoms with Crippen LogP contribution in [0.15, 0.2) is 23.1 Å². The van der Waals surface area contributed by atoms with Gasteiger partial charge in [-0.15, -0.1) is 0 Å². The minimum Gasteiger partial charge on any atom is -0.492 e. The van der Waals surface area contributed by atoms with Crippen molar-refractivity contribution in [2.45, 2.75) is 24.7 Å². The lowest BCUT2D eigenvalue weighted by Gasteiger charge is -2.09. The highest BCUT2D eigenvalue weighted by Gasteiger charge is 2.16. The lowest BCUT2D eigenvalue weighted by Crippen LogP contribution is -2.14. The molecule has 2 N–H and O–H groups in total.